The summed E-state index contributed by atoms with van der Waals surface area (Å²) in [6.45, 7) is 1.74. The van der Waals surface area contributed by atoms with Gasteiger partial charge in [-0.2, -0.15) is 0 Å². The number of halogens is 5. The Kier molecular flexibility index (Phi) is 6.87. The van der Waals surface area contributed by atoms with Gasteiger partial charge in [-0.3, -0.25) is 0 Å². The van der Waals surface area contributed by atoms with Gasteiger partial charge in [-0.05, 0) is 73.1 Å². The number of rotatable bonds is 5. The number of ether oxygens (including phenoxy) is 1. The van der Waals surface area contributed by atoms with Crippen LogP contribution >= 0.6 is 0 Å². The summed E-state index contributed by atoms with van der Waals surface area (Å²) in [4.78, 5) is 0. The van der Waals surface area contributed by atoms with Crippen LogP contribution in [0.15, 0.2) is 30.3 Å². The zero-order valence-electron chi connectivity index (χ0n) is 18.1. The second-order valence-electron chi connectivity index (χ2n) is 9.19. The Hall–Kier alpha value is -2.37. The van der Waals surface area contributed by atoms with Crippen LogP contribution in [0.3, 0.4) is 0 Å². The monoisotopic (exact) mass is 450 g/mol. The molecule has 0 N–H and O–H groups in total. The van der Waals surface area contributed by atoms with Gasteiger partial charge in [0.2, 0.25) is 0 Å². The van der Waals surface area contributed by atoms with Crippen LogP contribution in [0.5, 0.6) is 5.75 Å². The van der Waals surface area contributed by atoms with Gasteiger partial charge in [-0.1, -0.05) is 25.8 Å². The molecule has 0 saturated heterocycles. The van der Waals surface area contributed by atoms with E-state index < -0.39 is 35.7 Å². The Morgan fingerprint density at radius 1 is 0.781 bits per heavy atom. The van der Waals surface area contributed by atoms with Crippen molar-refractivity contribution < 1.29 is 26.7 Å². The molecule has 2 aliphatic rings. The highest BCUT2D eigenvalue weighted by atomic mass is 19.2. The molecule has 4 rings (SSSR count). The average Bonchev–Trinajstić information content (AvgIpc) is 2.77. The first kappa shape index (κ1) is 22.8. The molecule has 0 heterocycles. The molecule has 0 bridgehead atoms. The minimum Gasteiger partial charge on any atom is -0.488 e. The van der Waals surface area contributed by atoms with E-state index in [0.29, 0.717) is 23.6 Å². The third-order valence-electron chi connectivity index (χ3n) is 7.03. The van der Waals surface area contributed by atoms with E-state index in [-0.39, 0.29) is 11.3 Å². The van der Waals surface area contributed by atoms with Gasteiger partial charge < -0.3 is 4.74 Å². The zero-order valence-corrected chi connectivity index (χ0v) is 18.1. The first-order valence-corrected chi connectivity index (χ1v) is 11.3. The van der Waals surface area contributed by atoms with Crippen molar-refractivity contribution in [3.63, 3.8) is 0 Å². The molecule has 0 radical (unpaired) electrons. The van der Waals surface area contributed by atoms with Gasteiger partial charge in [0.25, 0.3) is 0 Å². The van der Waals surface area contributed by atoms with Gasteiger partial charge >= 0.3 is 0 Å². The molecule has 1 fully saturated rings. The van der Waals surface area contributed by atoms with E-state index in [9.17, 15) is 22.0 Å². The normalized spacial score (nSPS) is 23.7. The lowest BCUT2D eigenvalue weighted by molar-refractivity contribution is 0.202. The maximum atomic E-state index is 14.6. The van der Waals surface area contributed by atoms with Gasteiger partial charge in [-0.15, -0.1) is 0 Å². The Balaban J connectivity index is 1.42. The highest BCUT2D eigenvalue weighted by molar-refractivity contribution is 5.66. The number of allylic oxidation sites excluding steroid dienone is 2. The average molecular weight is 450 g/mol. The Morgan fingerprint density at radius 3 is 1.97 bits per heavy atom. The highest BCUT2D eigenvalue weighted by Gasteiger charge is 2.28. The third kappa shape index (κ3) is 5.00. The molecule has 32 heavy (non-hydrogen) atoms. The third-order valence-corrected chi connectivity index (χ3v) is 7.03. The Morgan fingerprint density at radius 2 is 1.41 bits per heavy atom. The Bertz CT molecular complexity index is 961. The van der Waals surface area contributed by atoms with Crippen LogP contribution in [-0.2, 0) is 6.61 Å². The minimum absolute atomic E-state index is 0.343. The fourth-order valence-corrected chi connectivity index (χ4v) is 5.00. The van der Waals surface area contributed by atoms with Gasteiger partial charge in [0.15, 0.2) is 17.5 Å². The zero-order chi connectivity index (χ0) is 22.8. The van der Waals surface area contributed by atoms with Crippen molar-refractivity contribution in [2.24, 2.45) is 17.8 Å². The quantitative estimate of drug-likeness (QED) is 0.332. The van der Waals surface area contributed by atoms with Crippen LogP contribution in [0.25, 0.3) is 5.57 Å². The van der Waals surface area contributed by atoms with Crippen molar-refractivity contribution >= 4 is 5.57 Å². The van der Waals surface area contributed by atoms with Crippen molar-refractivity contribution in [3.05, 3.63) is 70.6 Å². The number of hydrogen-bond donors (Lipinski definition) is 0. The van der Waals surface area contributed by atoms with Crippen LogP contribution in [-0.4, -0.2) is 0 Å². The molecular weight excluding hydrogens is 423 g/mol. The molecule has 1 atom stereocenters. The van der Waals surface area contributed by atoms with E-state index >= 15 is 0 Å². The molecule has 0 aromatic heterocycles. The second kappa shape index (κ2) is 9.63. The fourth-order valence-electron chi connectivity index (χ4n) is 5.00. The molecule has 2 aromatic carbocycles. The molecule has 0 aliphatic heterocycles. The summed E-state index contributed by atoms with van der Waals surface area (Å²) in [5, 5.41) is 0. The molecule has 0 amide bonds. The summed E-state index contributed by atoms with van der Waals surface area (Å²) in [5.41, 5.74) is 1.11. The smallest absolute Gasteiger partial charge is 0.194 e. The first-order chi connectivity index (χ1) is 15.3. The van der Waals surface area contributed by atoms with E-state index in [2.05, 4.69) is 13.0 Å². The maximum Gasteiger partial charge on any atom is 0.194 e. The summed E-state index contributed by atoms with van der Waals surface area (Å²) in [6, 6.07) is 3.84. The summed E-state index contributed by atoms with van der Waals surface area (Å²) in [7, 11) is 0. The largest absolute Gasteiger partial charge is 0.488 e. The van der Waals surface area contributed by atoms with E-state index in [0.717, 1.165) is 36.7 Å². The van der Waals surface area contributed by atoms with Crippen LogP contribution in [0.4, 0.5) is 22.0 Å². The molecule has 172 valence electrons. The summed E-state index contributed by atoms with van der Waals surface area (Å²) in [6.07, 6.45) is 9.98. The summed E-state index contributed by atoms with van der Waals surface area (Å²) >= 11 is 0. The van der Waals surface area contributed by atoms with Crippen molar-refractivity contribution in [1.82, 2.24) is 0 Å². The molecule has 6 heteroatoms. The number of hydrogen-bond acceptors (Lipinski definition) is 1. The van der Waals surface area contributed by atoms with Crippen molar-refractivity contribution in [2.45, 2.75) is 58.5 Å². The van der Waals surface area contributed by atoms with E-state index in [1.54, 1.807) is 0 Å². The fraction of sp³-hybridized carbons (Fsp3) is 0.462. The highest BCUT2D eigenvalue weighted by Crippen LogP contribution is 2.41. The van der Waals surface area contributed by atoms with E-state index in [4.69, 9.17) is 4.74 Å². The summed E-state index contributed by atoms with van der Waals surface area (Å²) < 4.78 is 74.0. The van der Waals surface area contributed by atoms with E-state index in [1.165, 1.54) is 37.8 Å². The van der Waals surface area contributed by atoms with Crippen LogP contribution in [0, 0.1) is 46.8 Å². The predicted octanol–water partition coefficient (Wildman–Crippen LogP) is 7.97. The molecule has 1 nitrogen and oxygen atoms in total. The van der Waals surface area contributed by atoms with Crippen LogP contribution in [0.2, 0.25) is 0 Å². The standard InChI is InChI=1S/C26H27F5O/c1-15-2-4-16(5-3-15)17-6-8-18(9-7-17)19-10-22(27)21(23(28)11-19)14-32-20-12-24(29)26(31)25(30)13-20/h8,10-13,15-17H,2-7,9,14H2,1H3. The topological polar surface area (TPSA) is 9.23 Å². The van der Waals surface area contributed by atoms with Gasteiger partial charge in [-0.25, -0.2) is 22.0 Å². The van der Waals surface area contributed by atoms with Gasteiger partial charge in [0.1, 0.15) is 24.0 Å². The molecular formula is C26H27F5O. The van der Waals surface area contributed by atoms with Crippen LogP contribution < -0.4 is 4.74 Å². The lowest BCUT2D eigenvalue weighted by Crippen LogP contribution is -2.22. The predicted molar refractivity (Wildman–Crippen MR) is 113 cm³/mol. The van der Waals surface area contributed by atoms with Crippen molar-refractivity contribution in [3.8, 4) is 5.75 Å². The van der Waals surface area contributed by atoms with Crippen LogP contribution in [0.1, 0.15) is 63.0 Å². The second-order valence-corrected chi connectivity index (χ2v) is 9.19. The lowest BCUT2D eigenvalue weighted by atomic mass is 9.71. The Labute approximate surface area is 185 Å². The van der Waals surface area contributed by atoms with Crippen molar-refractivity contribution in [1.29, 1.82) is 0 Å². The molecule has 1 unspecified atom stereocenters. The minimum atomic E-state index is -1.62. The number of benzene rings is 2. The first-order valence-electron chi connectivity index (χ1n) is 11.3. The molecule has 0 spiro atoms. The van der Waals surface area contributed by atoms with Gasteiger partial charge in [0.05, 0.1) is 5.56 Å². The molecule has 2 aliphatic carbocycles. The maximum absolute atomic E-state index is 14.6. The SMILES string of the molecule is CC1CCC(C2CC=C(c3cc(F)c(COc4cc(F)c(F)c(F)c4)c(F)c3)CC2)CC1. The lowest BCUT2D eigenvalue weighted by Gasteiger charge is -2.34. The van der Waals surface area contributed by atoms with Crippen molar-refractivity contribution in [2.75, 3.05) is 0 Å². The van der Waals surface area contributed by atoms with E-state index in [1.807, 2.05) is 0 Å². The molecule has 1 saturated carbocycles. The summed E-state index contributed by atoms with van der Waals surface area (Å²) in [5.74, 6) is -4.19. The molecule has 2 aromatic rings. The van der Waals surface area contributed by atoms with Gasteiger partial charge in [0, 0.05) is 12.1 Å².